The van der Waals surface area contributed by atoms with E-state index < -0.39 is 23.6 Å². The lowest BCUT2D eigenvalue weighted by molar-refractivity contribution is -0.135. The smallest absolute Gasteiger partial charge is 0.226 e. The second kappa shape index (κ2) is 13.0. The van der Waals surface area contributed by atoms with Crippen LogP contribution >= 0.6 is 0 Å². The minimum absolute atomic E-state index is 0.0570. The molecule has 39 heavy (non-hydrogen) atoms. The number of methoxy groups -OCH3 is 1. The Balaban J connectivity index is 1.46. The number of carbonyl (C=O) groups is 4. The second-order valence-electron chi connectivity index (χ2n) is 11.5. The predicted molar refractivity (Wildman–Crippen MR) is 144 cm³/mol. The number of ketones is 2. The third-order valence-electron chi connectivity index (χ3n) is 8.38. The molecule has 0 unspecified atom stereocenters. The minimum Gasteiger partial charge on any atom is -0.497 e. The van der Waals surface area contributed by atoms with Gasteiger partial charge in [-0.2, -0.15) is 0 Å². The molecular formula is C30H42N2O7. The Morgan fingerprint density at radius 1 is 1.08 bits per heavy atom. The molecule has 1 saturated carbocycles. The van der Waals surface area contributed by atoms with E-state index in [0.29, 0.717) is 50.8 Å². The zero-order valence-electron chi connectivity index (χ0n) is 23.3. The summed E-state index contributed by atoms with van der Waals surface area (Å²) in [6.45, 7) is 4.67. The van der Waals surface area contributed by atoms with Gasteiger partial charge in [0.05, 0.1) is 38.3 Å². The van der Waals surface area contributed by atoms with E-state index >= 15 is 0 Å². The van der Waals surface area contributed by atoms with Crippen LogP contribution in [-0.4, -0.2) is 68.0 Å². The first-order valence-corrected chi connectivity index (χ1v) is 14.2. The lowest BCUT2D eigenvalue weighted by atomic mass is 9.88. The van der Waals surface area contributed by atoms with E-state index in [1.807, 2.05) is 24.3 Å². The second-order valence-corrected chi connectivity index (χ2v) is 11.5. The normalized spacial score (nSPS) is 24.9. The molecule has 2 N–H and O–H groups in total. The molecule has 0 spiro atoms. The Morgan fingerprint density at radius 2 is 1.77 bits per heavy atom. The van der Waals surface area contributed by atoms with Crippen LogP contribution in [0.1, 0.15) is 64.4 Å². The molecule has 1 aromatic carbocycles. The molecule has 3 fully saturated rings. The van der Waals surface area contributed by atoms with Crippen LogP contribution in [0.3, 0.4) is 0 Å². The van der Waals surface area contributed by atoms with Crippen LogP contribution < -0.4 is 15.4 Å². The van der Waals surface area contributed by atoms with Gasteiger partial charge in [-0.25, -0.2) is 0 Å². The fourth-order valence-electron chi connectivity index (χ4n) is 5.60. The average molecular weight is 543 g/mol. The summed E-state index contributed by atoms with van der Waals surface area (Å²) in [5, 5.41) is 5.81. The standard InChI is InChI=1S/C30H42N2O7/c1-19(31-28(35)22-12-13-38-17-22)26(33)16-23(14-21-8-10-24(37-3)11-9-21)29(36)32-25(15-20-6-4-5-7-20)27(34)30(2)18-39-30/h8-11,19-20,22-23,25H,4-7,12-18H2,1-3H3,(H,31,35)(H,32,36)/t19-,22+,23-,25+,30-/m1/s1. The summed E-state index contributed by atoms with van der Waals surface area (Å²) >= 11 is 0. The molecular weight excluding hydrogens is 500 g/mol. The minimum atomic E-state index is -0.847. The van der Waals surface area contributed by atoms with Crippen molar-refractivity contribution in [3.63, 3.8) is 0 Å². The molecule has 4 rings (SSSR count). The molecule has 0 bridgehead atoms. The Labute approximate surface area is 230 Å². The number of benzene rings is 1. The summed E-state index contributed by atoms with van der Waals surface area (Å²) in [6, 6.07) is 5.98. The molecule has 9 nitrogen and oxygen atoms in total. The summed E-state index contributed by atoms with van der Waals surface area (Å²) in [5.74, 6) is -0.740. The molecule has 0 radical (unpaired) electrons. The van der Waals surface area contributed by atoms with Gasteiger partial charge in [0.25, 0.3) is 0 Å². The number of rotatable bonds is 14. The first-order valence-electron chi connectivity index (χ1n) is 14.2. The van der Waals surface area contributed by atoms with Crippen LogP contribution in [0.4, 0.5) is 0 Å². The molecule has 214 valence electrons. The molecule has 0 aromatic heterocycles. The van der Waals surface area contributed by atoms with Gasteiger partial charge in [-0.15, -0.1) is 0 Å². The number of carbonyl (C=O) groups excluding carboxylic acids is 4. The summed E-state index contributed by atoms with van der Waals surface area (Å²) in [5.41, 5.74) is 0.0281. The van der Waals surface area contributed by atoms with Crippen LogP contribution in [0.5, 0.6) is 5.75 Å². The Bertz CT molecular complexity index is 1020. The SMILES string of the molecule is COc1ccc(C[C@H](CC(=O)[C@@H](C)NC(=O)[C@H]2CCOC2)C(=O)N[C@@H](CC2CCCC2)C(=O)[C@@]2(C)CO2)cc1. The molecule has 2 aliphatic heterocycles. The first kappa shape index (κ1) is 29.2. The monoisotopic (exact) mass is 542 g/mol. The highest BCUT2D eigenvalue weighted by Crippen LogP contribution is 2.34. The highest BCUT2D eigenvalue weighted by atomic mass is 16.6. The van der Waals surface area contributed by atoms with Crippen LogP contribution in [0.15, 0.2) is 24.3 Å². The first-order chi connectivity index (χ1) is 18.7. The van der Waals surface area contributed by atoms with E-state index in [9.17, 15) is 19.2 Å². The number of nitrogens with one attached hydrogen (secondary N) is 2. The average Bonchev–Trinajstić information content (AvgIpc) is 3.32. The fourth-order valence-corrected chi connectivity index (χ4v) is 5.60. The highest BCUT2D eigenvalue weighted by molar-refractivity contribution is 5.98. The van der Waals surface area contributed by atoms with Crippen LogP contribution in [-0.2, 0) is 35.1 Å². The van der Waals surface area contributed by atoms with Gasteiger partial charge in [0.1, 0.15) is 11.4 Å². The van der Waals surface area contributed by atoms with Crippen molar-refractivity contribution in [2.75, 3.05) is 26.9 Å². The predicted octanol–water partition coefficient (Wildman–Crippen LogP) is 2.78. The fraction of sp³-hybridized carbons (Fsp3) is 0.667. The lowest BCUT2D eigenvalue weighted by Crippen LogP contribution is -2.50. The number of Topliss-reactive ketones (excluding diaryl/α,β-unsaturated/α-hetero) is 2. The van der Waals surface area contributed by atoms with Crippen molar-refractivity contribution < 1.29 is 33.4 Å². The summed E-state index contributed by atoms with van der Waals surface area (Å²) in [6.07, 6.45) is 5.85. The molecule has 1 aromatic rings. The van der Waals surface area contributed by atoms with Crippen LogP contribution in [0.25, 0.3) is 0 Å². The van der Waals surface area contributed by atoms with E-state index in [0.717, 1.165) is 31.2 Å². The van der Waals surface area contributed by atoms with Crippen molar-refractivity contribution in [2.24, 2.45) is 17.8 Å². The van der Waals surface area contributed by atoms with E-state index in [4.69, 9.17) is 14.2 Å². The molecule has 3 aliphatic rings. The van der Waals surface area contributed by atoms with E-state index in [1.165, 1.54) is 0 Å². The van der Waals surface area contributed by atoms with Gasteiger partial charge in [-0.05, 0) is 56.7 Å². The van der Waals surface area contributed by atoms with Gasteiger partial charge in [0.2, 0.25) is 11.8 Å². The molecule has 5 atom stereocenters. The molecule has 2 heterocycles. The zero-order valence-corrected chi connectivity index (χ0v) is 23.3. The molecule has 9 heteroatoms. The van der Waals surface area contributed by atoms with Crippen molar-refractivity contribution in [2.45, 2.75) is 82.9 Å². The van der Waals surface area contributed by atoms with Crippen molar-refractivity contribution in [3.05, 3.63) is 29.8 Å². The van der Waals surface area contributed by atoms with Crippen molar-refractivity contribution >= 4 is 23.4 Å². The number of ether oxygens (including phenoxy) is 3. The summed E-state index contributed by atoms with van der Waals surface area (Å²) in [7, 11) is 1.59. The summed E-state index contributed by atoms with van der Waals surface area (Å²) in [4.78, 5) is 52.8. The van der Waals surface area contributed by atoms with Crippen LogP contribution in [0.2, 0.25) is 0 Å². The van der Waals surface area contributed by atoms with E-state index in [1.54, 1.807) is 21.0 Å². The molecule has 2 saturated heterocycles. The number of hydrogen-bond acceptors (Lipinski definition) is 7. The topological polar surface area (TPSA) is 123 Å². The maximum absolute atomic E-state index is 13.7. The third-order valence-corrected chi connectivity index (χ3v) is 8.38. The van der Waals surface area contributed by atoms with Gasteiger partial charge >= 0.3 is 0 Å². The Kier molecular flexibility index (Phi) is 9.77. The number of amides is 2. The Morgan fingerprint density at radius 3 is 2.36 bits per heavy atom. The zero-order chi connectivity index (χ0) is 28.0. The van der Waals surface area contributed by atoms with E-state index in [2.05, 4.69) is 10.6 Å². The maximum atomic E-state index is 13.7. The quantitative estimate of drug-likeness (QED) is 0.347. The summed E-state index contributed by atoms with van der Waals surface area (Å²) < 4.78 is 16.0. The highest BCUT2D eigenvalue weighted by Gasteiger charge is 2.50. The van der Waals surface area contributed by atoms with Gasteiger partial charge < -0.3 is 24.8 Å². The number of epoxide rings is 1. The van der Waals surface area contributed by atoms with Gasteiger partial charge in [-0.3, -0.25) is 19.2 Å². The van der Waals surface area contributed by atoms with Gasteiger partial charge in [0.15, 0.2) is 11.6 Å². The number of hydrogen-bond donors (Lipinski definition) is 2. The maximum Gasteiger partial charge on any atom is 0.226 e. The molecule has 2 amide bonds. The van der Waals surface area contributed by atoms with Crippen LogP contribution in [0, 0.1) is 17.8 Å². The largest absolute Gasteiger partial charge is 0.497 e. The van der Waals surface area contributed by atoms with Gasteiger partial charge in [-0.1, -0.05) is 37.8 Å². The van der Waals surface area contributed by atoms with Crippen molar-refractivity contribution in [1.82, 2.24) is 10.6 Å². The Hall–Kier alpha value is -2.78. The molecule has 1 aliphatic carbocycles. The van der Waals surface area contributed by atoms with Crippen molar-refractivity contribution in [1.29, 1.82) is 0 Å². The van der Waals surface area contributed by atoms with Crippen molar-refractivity contribution in [3.8, 4) is 5.75 Å². The third kappa shape index (κ3) is 7.88. The van der Waals surface area contributed by atoms with Gasteiger partial charge in [0, 0.05) is 18.9 Å². The lowest BCUT2D eigenvalue weighted by Gasteiger charge is -2.26. The van der Waals surface area contributed by atoms with E-state index in [-0.39, 0.29) is 35.7 Å².